The number of ether oxygens (including phenoxy) is 1. The van der Waals surface area contributed by atoms with Gasteiger partial charge < -0.3 is 15.2 Å². The maximum Gasteiger partial charge on any atom is 0.231 e. The summed E-state index contributed by atoms with van der Waals surface area (Å²) in [6.07, 6.45) is 4.09. The molecule has 1 aromatic heterocycles. The maximum absolute atomic E-state index is 13.3. The highest BCUT2D eigenvalue weighted by Crippen LogP contribution is 2.28. The number of benzene rings is 2. The van der Waals surface area contributed by atoms with Crippen LogP contribution in [0.4, 0.5) is 9.52 Å². The van der Waals surface area contributed by atoms with Crippen molar-refractivity contribution in [2.75, 3.05) is 18.5 Å². The number of aromatic hydroxyl groups is 1. The van der Waals surface area contributed by atoms with Crippen molar-refractivity contribution in [3.8, 4) is 5.88 Å². The first-order valence-electron chi connectivity index (χ1n) is 9.84. The third-order valence-electron chi connectivity index (χ3n) is 4.61. The van der Waals surface area contributed by atoms with Crippen LogP contribution in [-0.4, -0.2) is 29.1 Å². The zero-order valence-electron chi connectivity index (χ0n) is 16.9. The Morgan fingerprint density at radius 3 is 2.94 bits per heavy atom. The van der Waals surface area contributed by atoms with E-state index in [4.69, 9.17) is 10.1 Å². The maximum atomic E-state index is 13.3. The second kappa shape index (κ2) is 9.09. The Morgan fingerprint density at radius 2 is 2.13 bits per heavy atom. The fourth-order valence-electron chi connectivity index (χ4n) is 3.23. The molecular weight excluding hydrogens is 415 g/mol. The molecule has 1 aliphatic heterocycles. The summed E-state index contributed by atoms with van der Waals surface area (Å²) in [7, 11) is 0. The van der Waals surface area contributed by atoms with Gasteiger partial charge in [-0.2, -0.15) is 4.98 Å². The number of amidine groups is 1. The van der Waals surface area contributed by atoms with Crippen molar-refractivity contribution in [1.82, 2.24) is 4.98 Å². The van der Waals surface area contributed by atoms with E-state index >= 15 is 0 Å². The summed E-state index contributed by atoms with van der Waals surface area (Å²) in [4.78, 5) is 9.03. The van der Waals surface area contributed by atoms with Crippen LogP contribution in [0.1, 0.15) is 22.9 Å². The molecule has 158 valence electrons. The van der Waals surface area contributed by atoms with Gasteiger partial charge in [0.05, 0.1) is 16.8 Å². The molecule has 1 aliphatic rings. The molecule has 0 unspecified atom stereocenters. The van der Waals surface area contributed by atoms with Crippen molar-refractivity contribution in [2.24, 2.45) is 4.99 Å². The molecule has 2 aromatic carbocycles. The number of anilines is 1. The SMILES string of the molecule is CCOC1=CC(=N)N=c2cc/c(=C\c3sc(NCCc4cccc(F)c4)nc3O)cc21. The van der Waals surface area contributed by atoms with E-state index in [1.54, 1.807) is 12.1 Å². The number of thiazole rings is 1. The van der Waals surface area contributed by atoms with Gasteiger partial charge in [-0.1, -0.05) is 29.5 Å². The zero-order valence-corrected chi connectivity index (χ0v) is 17.7. The number of hydrogen-bond donors (Lipinski definition) is 3. The minimum Gasteiger partial charge on any atom is -0.493 e. The molecule has 0 aliphatic carbocycles. The van der Waals surface area contributed by atoms with Crippen LogP contribution < -0.4 is 15.9 Å². The predicted molar refractivity (Wildman–Crippen MR) is 120 cm³/mol. The molecule has 0 atom stereocenters. The third kappa shape index (κ3) is 4.97. The molecule has 0 spiro atoms. The average Bonchev–Trinajstić information content (AvgIpc) is 3.07. The van der Waals surface area contributed by atoms with Gasteiger partial charge in [-0.3, -0.25) is 5.41 Å². The number of halogens is 1. The van der Waals surface area contributed by atoms with Crippen LogP contribution in [0.3, 0.4) is 0 Å². The molecule has 0 saturated heterocycles. The normalized spacial score (nSPS) is 13.4. The monoisotopic (exact) mass is 436 g/mol. The number of aromatic nitrogens is 1. The van der Waals surface area contributed by atoms with Crippen LogP contribution in [-0.2, 0) is 11.2 Å². The lowest BCUT2D eigenvalue weighted by molar-refractivity contribution is 0.297. The van der Waals surface area contributed by atoms with E-state index in [2.05, 4.69) is 15.3 Å². The van der Waals surface area contributed by atoms with Gasteiger partial charge in [0.2, 0.25) is 5.88 Å². The molecule has 0 fully saturated rings. The first-order chi connectivity index (χ1) is 15.0. The van der Waals surface area contributed by atoms with Crippen molar-refractivity contribution in [1.29, 1.82) is 5.41 Å². The van der Waals surface area contributed by atoms with E-state index < -0.39 is 0 Å². The molecule has 0 radical (unpaired) electrons. The van der Waals surface area contributed by atoms with E-state index in [1.165, 1.54) is 23.5 Å². The summed E-state index contributed by atoms with van der Waals surface area (Å²) in [6, 6.07) is 12.1. The van der Waals surface area contributed by atoms with Crippen molar-refractivity contribution >= 4 is 34.1 Å². The fourth-order valence-corrected chi connectivity index (χ4v) is 4.07. The highest BCUT2D eigenvalue weighted by molar-refractivity contribution is 7.16. The van der Waals surface area contributed by atoms with Crippen molar-refractivity contribution in [3.05, 3.63) is 80.9 Å². The molecular formula is C23H21FN4O2S. The molecule has 6 nitrogen and oxygen atoms in total. The summed E-state index contributed by atoms with van der Waals surface area (Å²) in [5.74, 6) is 0.462. The van der Waals surface area contributed by atoms with Gasteiger partial charge in [-0.25, -0.2) is 9.38 Å². The third-order valence-corrected chi connectivity index (χ3v) is 5.56. The fraction of sp³-hybridized carbons (Fsp3) is 0.174. The number of fused-ring (bicyclic) bond motifs is 1. The number of hydrogen-bond acceptors (Lipinski definition) is 6. The van der Waals surface area contributed by atoms with Gasteiger partial charge in [0.15, 0.2) is 5.13 Å². The van der Waals surface area contributed by atoms with E-state index in [1.807, 2.05) is 37.3 Å². The minimum absolute atomic E-state index is 0.0528. The Bertz CT molecular complexity index is 1280. The van der Waals surface area contributed by atoms with Gasteiger partial charge >= 0.3 is 0 Å². The summed E-state index contributed by atoms with van der Waals surface area (Å²) in [5.41, 5.74) is 1.70. The van der Waals surface area contributed by atoms with Gasteiger partial charge in [-0.15, -0.1) is 0 Å². The topological polar surface area (TPSA) is 90.6 Å². The molecule has 0 amide bonds. The van der Waals surface area contributed by atoms with Crippen LogP contribution in [0.5, 0.6) is 5.88 Å². The molecule has 2 heterocycles. The second-order valence-electron chi connectivity index (χ2n) is 6.87. The molecule has 4 rings (SSSR count). The predicted octanol–water partition coefficient (Wildman–Crippen LogP) is 3.46. The van der Waals surface area contributed by atoms with Gasteiger partial charge in [-0.05, 0) is 54.5 Å². The van der Waals surface area contributed by atoms with E-state index in [0.717, 1.165) is 16.3 Å². The van der Waals surface area contributed by atoms with E-state index in [9.17, 15) is 9.50 Å². The van der Waals surface area contributed by atoms with Crippen LogP contribution in [0.25, 0.3) is 11.8 Å². The summed E-state index contributed by atoms with van der Waals surface area (Å²) in [6.45, 7) is 2.96. The van der Waals surface area contributed by atoms with E-state index in [0.29, 0.717) is 40.7 Å². The molecule has 0 bridgehead atoms. The Labute approximate surface area is 182 Å². The lowest BCUT2D eigenvalue weighted by Crippen LogP contribution is -2.20. The first-order valence-corrected chi connectivity index (χ1v) is 10.7. The Kier molecular flexibility index (Phi) is 6.08. The number of nitrogens with zero attached hydrogens (tertiary/aromatic N) is 2. The van der Waals surface area contributed by atoms with Crippen molar-refractivity contribution in [2.45, 2.75) is 13.3 Å². The Balaban J connectivity index is 1.53. The lowest BCUT2D eigenvalue weighted by atomic mass is 10.1. The van der Waals surface area contributed by atoms with Gasteiger partial charge in [0.1, 0.15) is 17.4 Å². The molecule has 0 saturated carbocycles. The highest BCUT2D eigenvalue weighted by Gasteiger charge is 2.13. The van der Waals surface area contributed by atoms with Crippen LogP contribution >= 0.6 is 11.3 Å². The van der Waals surface area contributed by atoms with Gasteiger partial charge in [0, 0.05) is 18.2 Å². The van der Waals surface area contributed by atoms with Crippen LogP contribution in [0.2, 0.25) is 0 Å². The Hall–Kier alpha value is -3.52. The molecule has 8 heteroatoms. The Morgan fingerprint density at radius 1 is 1.26 bits per heavy atom. The average molecular weight is 437 g/mol. The van der Waals surface area contributed by atoms with Crippen molar-refractivity contribution in [3.63, 3.8) is 0 Å². The standard InChI is InChI=1S/C23H21FN4O2S/c1-2-30-19-13-21(25)27-18-7-6-15(11-17(18)19)12-20-22(29)28-23(31-20)26-9-8-14-4-3-5-16(24)10-14/h3-7,10-13,25,29H,2,8-9H2,1H3,(H,26,28)/b15-12+,25-21?. The summed E-state index contributed by atoms with van der Waals surface area (Å²) >= 11 is 1.34. The number of nitrogens with one attached hydrogen (secondary N) is 2. The minimum atomic E-state index is -0.252. The zero-order chi connectivity index (χ0) is 21.8. The van der Waals surface area contributed by atoms with Crippen LogP contribution in [0.15, 0.2) is 53.5 Å². The molecule has 3 N–H and O–H groups in total. The first kappa shape index (κ1) is 20.7. The lowest BCUT2D eigenvalue weighted by Gasteiger charge is -2.12. The largest absolute Gasteiger partial charge is 0.493 e. The van der Waals surface area contributed by atoms with Crippen LogP contribution in [0, 0.1) is 11.2 Å². The van der Waals surface area contributed by atoms with E-state index in [-0.39, 0.29) is 17.5 Å². The van der Waals surface area contributed by atoms with Gasteiger partial charge in [0.25, 0.3) is 0 Å². The summed E-state index contributed by atoms with van der Waals surface area (Å²) in [5, 5.41) is 23.4. The number of rotatable bonds is 7. The highest BCUT2D eigenvalue weighted by atomic mass is 32.1. The molecule has 3 aromatic rings. The summed E-state index contributed by atoms with van der Waals surface area (Å²) < 4.78 is 18.9. The molecule has 31 heavy (non-hydrogen) atoms. The quantitative estimate of drug-likeness (QED) is 0.529. The smallest absolute Gasteiger partial charge is 0.231 e. The second-order valence-corrected chi connectivity index (χ2v) is 7.90. The van der Waals surface area contributed by atoms with Crippen molar-refractivity contribution < 1.29 is 14.2 Å².